The quantitative estimate of drug-likeness (QED) is 0.868. The smallest absolute Gasteiger partial charge is 0.242 e. The molecule has 1 aromatic heterocycles. The first-order valence-electron chi connectivity index (χ1n) is 9.79. The molecule has 5 heteroatoms. The van der Waals surface area contributed by atoms with Crippen molar-refractivity contribution in [3.63, 3.8) is 0 Å². The molecule has 2 fully saturated rings. The third kappa shape index (κ3) is 3.35. The van der Waals surface area contributed by atoms with Crippen LogP contribution in [0.2, 0.25) is 0 Å². The zero-order valence-electron chi connectivity index (χ0n) is 15.4. The molecule has 1 saturated heterocycles. The van der Waals surface area contributed by atoms with Gasteiger partial charge in [0.1, 0.15) is 6.04 Å². The van der Waals surface area contributed by atoms with E-state index < -0.39 is 0 Å². The second kappa shape index (κ2) is 7.14. The van der Waals surface area contributed by atoms with Crippen molar-refractivity contribution >= 4 is 22.7 Å². The van der Waals surface area contributed by atoms with Gasteiger partial charge in [0.25, 0.3) is 0 Å². The van der Waals surface area contributed by atoms with Gasteiger partial charge < -0.3 is 15.2 Å². The Balaban J connectivity index is 1.38. The number of hydrogen-bond donors (Lipinski definition) is 2. The summed E-state index contributed by atoms with van der Waals surface area (Å²) in [6.07, 6.45) is 5.60. The van der Waals surface area contributed by atoms with Gasteiger partial charge in [-0.25, -0.2) is 0 Å². The molecule has 1 atom stereocenters. The number of rotatable bonds is 5. The Morgan fingerprint density at radius 3 is 2.81 bits per heavy atom. The Hall–Kier alpha value is -2.30. The summed E-state index contributed by atoms with van der Waals surface area (Å²) in [4.78, 5) is 30.4. The van der Waals surface area contributed by atoms with Gasteiger partial charge in [-0.2, -0.15) is 0 Å². The molecular weight excluding hydrogens is 326 g/mol. The van der Waals surface area contributed by atoms with Crippen LogP contribution in [0.5, 0.6) is 0 Å². The number of nitrogens with zero attached hydrogens (tertiary/aromatic N) is 1. The summed E-state index contributed by atoms with van der Waals surface area (Å²) in [6.45, 7) is 3.41. The van der Waals surface area contributed by atoms with E-state index in [1.807, 2.05) is 17.0 Å². The molecule has 1 saturated carbocycles. The van der Waals surface area contributed by atoms with Gasteiger partial charge >= 0.3 is 0 Å². The van der Waals surface area contributed by atoms with Gasteiger partial charge in [0.2, 0.25) is 11.8 Å². The fourth-order valence-corrected chi connectivity index (χ4v) is 4.12. The Bertz CT molecular complexity index is 822. The number of aryl methyl sites for hydroxylation is 1. The van der Waals surface area contributed by atoms with Crippen molar-refractivity contribution in [2.24, 2.45) is 5.92 Å². The fourth-order valence-electron chi connectivity index (χ4n) is 4.12. The van der Waals surface area contributed by atoms with Gasteiger partial charge in [-0.1, -0.05) is 18.2 Å². The van der Waals surface area contributed by atoms with E-state index in [2.05, 4.69) is 29.4 Å². The van der Waals surface area contributed by atoms with E-state index in [1.54, 1.807) is 0 Å². The molecular formula is C21H27N3O2. The molecule has 1 aliphatic heterocycles. The number of nitrogens with one attached hydrogen (secondary N) is 2. The van der Waals surface area contributed by atoms with Crippen molar-refractivity contribution in [3.8, 4) is 0 Å². The van der Waals surface area contributed by atoms with E-state index in [0.29, 0.717) is 6.54 Å². The Kier molecular flexibility index (Phi) is 4.70. The van der Waals surface area contributed by atoms with Crippen molar-refractivity contribution in [3.05, 3.63) is 35.5 Å². The Morgan fingerprint density at radius 1 is 1.19 bits per heavy atom. The maximum atomic E-state index is 12.7. The third-order valence-corrected chi connectivity index (χ3v) is 5.72. The monoisotopic (exact) mass is 353 g/mol. The molecule has 138 valence electrons. The lowest BCUT2D eigenvalue weighted by Gasteiger charge is -2.35. The van der Waals surface area contributed by atoms with Crippen LogP contribution in [0.4, 0.5) is 0 Å². The van der Waals surface area contributed by atoms with Crippen LogP contribution in [0.25, 0.3) is 10.9 Å². The predicted molar refractivity (Wildman–Crippen MR) is 102 cm³/mol. The zero-order valence-corrected chi connectivity index (χ0v) is 15.4. The number of amides is 2. The maximum Gasteiger partial charge on any atom is 0.242 e. The van der Waals surface area contributed by atoms with Gasteiger partial charge in [-0.15, -0.1) is 0 Å². The van der Waals surface area contributed by atoms with Crippen LogP contribution in [0, 0.1) is 12.8 Å². The molecule has 2 aliphatic rings. The van der Waals surface area contributed by atoms with Gasteiger partial charge in [0.05, 0.1) is 0 Å². The van der Waals surface area contributed by atoms with Crippen molar-refractivity contribution in [2.45, 2.75) is 51.5 Å². The second-order valence-corrected chi connectivity index (χ2v) is 7.63. The molecule has 2 heterocycles. The summed E-state index contributed by atoms with van der Waals surface area (Å²) in [7, 11) is 0. The van der Waals surface area contributed by atoms with E-state index in [1.165, 1.54) is 10.9 Å². The van der Waals surface area contributed by atoms with Crippen LogP contribution in [0.15, 0.2) is 24.3 Å². The van der Waals surface area contributed by atoms with Crippen molar-refractivity contribution in [2.75, 3.05) is 13.1 Å². The maximum absolute atomic E-state index is 12.7. The zero-order chi connectivity index (χ0) is 18.1. The predicted octanol–water partition coefficient (Wildman–Crippen LogP) is 2.93. The fraction of sp³-hybridized carbons (Fsp3) is 0.524. The summed E-state index contributed by atoms with van der Waals surface area (Å²) >= 11 is 0. The minimum Gasteiger partial charge on any atom is -0.358 e. The normalized spacial score (nSPS) is 20.3. The van der Waals surface area contributed by atoms with E-state index in [9.17, 15) is 9.59 Å². The highest BCUT2D eigenvalue weighted by atomic mass is 16.2. The lowest BCUT2D eigenvalue weighted by molar-refractivity contribution is -0.143. The van der Waals surface area contributed by atoms with Crippen LogP contribution >= 0.6 is 0 Å². The topological polar surface area (TPSA) is 65.2 Å². The minimum absolute atomic E-state index is 0.0104. The number of aromatic nitrogens is 1. The molecule has 2 N–H and O–H groups in total. The lowest BCUT2D eigenvalue weighted by atomic mass is 10.0. The molecule has 2 amide bonds. The summed E-state index contributed by atoms with van der Waals surface area (Å²) < 4.78 is 0. The molecule has 2 aromatic rings. The molecule has 1 unspecified atom stereocenters. The number of H-pyrrole nitrogens is 1. The third-order valence-electron chi connectivity index (χ3n) is 5.72. The second-order valence-electron chi connectivity index (χ2n) is 7.63. The Labute approximate surface area is 154 Å². The highest BCUT2D eigenvalue weighted by molar-refractivity contribution is 5.89. The molecule has 1 aliphatic carbocycles. The number of benzene rings is 1. The molecule has 1 aromatic carbocycles. The van der Waals surface area contributed by atoms with Crippen LogP contribution in [0.1, 0.15) is 43.4 Å². The number of para-hydroxylation sites is 1. The molecule has 0 bridgehead atoms. The average Bonchev–Trinajstić information content (AvgIpc) is 3.46. The van der Waals surface area contributed by atoms with Crippen LogP contribution in [0.3, 0.4) is 0 Å². The standard InChI is InChI=1S/C21H27N3O2/c1-14-16(17-6-2-3-7-18(17)23-14)11-12-22-20(25)19-8-4-5-13-24(19)21(26)15-9-10-15/h2-3,6-7,15,19,23H,4-5,8-13H2,1H3,(H,22,25). The van der Waals surface area contributed by atoms with Gasteiger partial charge in [0, 0.05) is 35.6 Å². The van der Waals surface area contributed by atoms with E-state index in [0.717, 1.165) is 56.3 Å². The number of aromatic amines is 1. The highest BCUT2D eigenvalue weighted by Crippen LogP contribution is 2.33. The van der Waals surface area contributed by atoms with Gasteiger partial charge in [-0.05, 0) is 57.1 Å². The number of fused-ring (bicyclic) bond motifs is 1. The van der Waals surface area contributed by atoms with E-state index in [4.69, 9.17) is 0 Å². The summed E-state index contributed by atoms with van der Waals surface area (Å²) in [6, 6.07) is 7.99. The number of likely N-dealkylation sites (tertiary alicyclic amines) is 1. The van der Waals surface area contributed by atoms with Crippen molar-refractivity contribution in [1.82, 2.24) is 15.2 Å². The summed E-state index contributed by atoms with van der Waals surface area (Å²) in [5, 5.41) is 4.30. The van der Waals surface area contributed by atoms with Gasteiger partial charge in [0.15, 0.2) is 0 Å². The SMILES string of the molecule is Cc1[nH]c2ccccc2c1CCNC(=O)C1CCCCN1C(=O)C1CC1. The molecule has 4 rings (SSSR count). The largest absolute Gasteiger partial charge is 0.358 e. The first kappa shape index (κ1) is 17.1. The van der Waals surface area contributed by atoms with Crippen molar-refractivity contribution in [1.29, 1.82) is 0 Å². The van der Waals surface area contributed by atoms with E-state index in [-0.39, 0.29) is 23.8 Å². The van der Waals surface area contributed by atoms with Gasteiger partial charge in [-0.3, -0.25) is 9.59 Å². The first-order valence-corrected chi connectivity index (χ1v) is 9.79. The number of carbonyl (C=O) groups excluding carboxylic acids is 2. The molecule has 0 radical (unpaired) electrons. The number of hydrogen-bond acceptors (Lipinski definition) is 2. The van der Waals surface area contributed by atoms with Crippen molar-refractivity contribution < 1.29 is 9.59 Å². The Morgan fingerprint density at radius 2 is 2.00 bits per heavy atom. The summed E-state index contributed by atoms with van der Waals surface area (Å²) in [5.41, 5.74) is 3.55. The van der Waals surface area contributed by atoms with Crippen LogP contribution in [-0.2, 0) is 16.0 Å². The van der Waals surface area contributed by atoms with Crippen LogP contribution in [-0.4, -0.2) is 40.8 Å². The lowest BCUT2D eigenvalue weighted by Crippen LogP contribution is -2.52. The first-order chi connectivity index (χ1) is 12.6. The number of carbonyl (C=O) groups is 2. The van der Waals surface area contributed by atoms with E-state index >= 15 is 0 Å². The van der Waals surface area contributed by atoms with Crippen LogP contribution < -0.4 is 5.32 Å². The minimum atomic E-state index is -0.277. The number of piperidine rings is 1. The highest BCUT2D eigenvalue weighted by Gasteiger charge is 2.39. The molecule has 0 spiro atoms. The summed E-state index contributed by atoms with van der Waals surface area (Å²) in [5.74, 6) is 0.380. The average molecular weight is 353 g/mol. The molecule has 5 nitrogen and oxygen atoms in total. The molecule has 26 heavy (non-hydrogen) atoms.